The second-order valence-corrected chi connectivity index (χ2v) is 4.97. The number of hydrogen-bond acceptors (Lipinski definition) is 4. The summed E-state index contributed by atoms with van der Waals surface area (Å²) >= 11 is 8.99. The van der Waals surface area contributed by atoms with Crippen LogP contribution in [0.25, 0.3) is 9.81 Å². The summed E-state index contributed by atoms with van der Waals surface area (Å²) in [5.41, 5.74) is 2.99. The molecule has 0 spiro atoms. The van der Waals surface area contributed by atoms with Crippen LogP contribution in [0.1, 0.15) is 22.3 Å². The van der Waals surface area contributed by atoms with Crippen LogP contribution in [0.2, 0.25) is 0 Å². The van der Waals surface area contributed by atoms with Crippen molar-refractivity contribution in [1.82, 2.24) is 0 Å². The molecule has 0 aromatic heterocycles. The molecular formula is C16H10N2S2. The lowest BCUT2D eigenvalue weighted by molar-refractivity contribution is 1.48. The molecule has 0 saturated carbocycles. The average Bonchev–Trinajstić information content (AvgIpc) is 2.53. The first kappa shape index (κ1) is 14.3. The predicted molar refractivity (Wildman–Crippen MR) is 87.1 cm³/mol. The van der Waals surface area contributed by atoms with Crippen molar-refractivity contribution in [2.24, 2.45) is 0 Å². The van der Waals surface area contributed by atoms with E-state index in [0.29, 0.717) is 11.1 Å². The summed E-state index contributed by atoms with van der Waals surface area (Å²) in [5.74, 6) is 0. The highest BCUT2D eigenvalue weighted by molar-refractivity contribution is 7.96. The number of hydrogen-bond donors (Lipinski definition) is 2. The molecular weight excluding hydrogens is 284 g/mol. The van der Waals surface area contributed by atoms with Gasteiger partial charge in [0.25, 0.3) is 0 Å². The molecule has 0 fully saturated rings. The van der Waals surface area contributed by atoms with Crippen molar-refractivity contribution in [3.63, 3.8) is 0 Å². The molecule has 0 radical (unpaired) electrons. The minimum Gasteiger partial charge on any atom is -0.192 e. The second kappa shape index (κ2) is 6.34. The van der Waals surface area contributed by atoms with Gasteiger partial charge in [-0.15, -0.1) is 25.3 Å². The van der Waals surface area contributed by atoms with Crippen LogP contribution in [-0.4, -0.2) is 0 Å². The van der Waals surface area contributed by atoms with Gasteiger partial charge in [-0.3, -0.25) is 0 Å². The topological polar surface area (TPSA) is 47.6 Å². The number of thiol groups is 2. The Hall–Kier alpha value is -2.14. The number of nitriles is 2. The van der Waals surface area contributed by atoms with Crippen molar-refractivity contribution in [3.05, 3.63) is 70.8 Å². The zero-order chi connectivity index (χ0) is 14.5. The van der Waals surface area contributed by atoms with Gasteiger partial charge in [0.05, 0.1) is 23.3 Å². The molecule has 0 unspecified atom stereocenters. The monoisotopic (exact) mass is 294 g/mol. The van der Waals surface area contributed by atoms with Crippen molar-refractivity contribution in [3.8, 4) is 12.1 Å². The standard InChI is InChI=1S/C16H10N2S2/c17-9-11-1-5-13(6-2-11)15(19)16(20)14-7-3-12(10-18)4-8-14/h1-8,19-20H. The predicted octanol–water partition coefficient (Wildman–Crippen LogP) is 4.12. The van der Waals surface area contributed by atoms with E-state index in [1.807, 2.05) is 24.3 Å². The van der Waals surface area contributed by atoms with Crippen LogP contribution in [0.15, 0.2) is 48.5 Å². The smallest absolute Gasteiger partial charge is 0.0991 e. The quantitative estimate of drug-likeness (QED) is 0.646. The fraction of sp³-hybridized carbons (Fsp3) is 0. The number of nitrogens with zero attached hydrogens (tertiary/aromatic N) is 2. The highest BCUT2D eigenvalue weighted by atomic mass is 32.1. The molecule has 2 aromatic rings. The van der Waals surface area contributed by atoms with Gasteiger partial charge < -0.3 is 0 Å². The Labute approximate surface area is 128 Å². The van der Waals surface area contributed by atoms with Gasteiger partial charge in [0, 0.05) is 9.81 Å². The zero-order valence-electron chi connectivity index (χ0n) is 10.4. The lowest BCUT2D eigenvalue weighted by atomic mass is 10.1. The lowest BCUT2D eigenvalue weighted by Gasteiger charge is -2.07. The van der Waals surface area contributed by atoms with E-state index >= 15 is 0 Å². The minimum absolute atomic E-state index is 0.606. The van der Waals surface area contributed by atoms with Crippen molar-refractivity contribution in [1.29, 1.82) is 10.5 Å². The molecule has 0 amide bonds. The third kappa shape index (κ3) is 3.05. The maximum Gasteiger partial charge on any atom is 0.0991 e. The SMILES string of the molecule is N#Cc1ccc(C(S)=C(S)c2ccc(C#N)cc2)cc1. The van der Waals surface area contributed by atoms with E-state index in [1.165, 1.54) is 0 Å². The fourth-order valence-corrected chi connectivity index (χ4v) is 2.24. The maximum atomic E-state index is 8.78. The van der Waals surface area contributed by atoms with E-state index in [-0.39, 0.29) is 0 Å². The zero-order valence-corrected chi connectivity index (χ0v) is 12.2. The molecule has 0 heterocycles. The summed E-state index contributed by atoms with van der Waals surface area (Å²) in [6, 6.07) is 18.5. The largest absolute Gasteiger partial charge is 0.192 e. The van der Waals surface area contributed by atoms with Crippen LogP contribution in [0, 0.1) is 22.7 Å². The molecule has 96 valence electrons. The Kier molecular flexibility index (Phi) is 4.53. The molecule has 2 rings (SSSR count). The third-order valence-electron chi connectivity index (χ3n) is 2.80. The van der Waals surface area contributed by atoms with E-state index in [4.69, 9.17) is 10.5 Å². The summed E-state index contributed by atoms with van der Waals surface area (Å²) in [5, 5.41) is 17.6. The fourth-order valence-electron chi connectivity index (χ4n) is 1.68. The number of benzene rings is 2. The van der Waals surface area contributed by atoms with Gasteiger partial charge in [-0.2, -0.15) is 10.5 Å². The molecule has 4 heteroatoms. The Morgan fingerprint density at radius 2 is 0.950 bits per heavy atom. The summed E-state index contributed by atoms with van der Waals surface area (Å²) in [6.07, 6.45) is 0. The molecule has 2 aromatic carbocycles. The molecule has 0 N–H and O–H groups in total. The number of rotatable bonds is 2. The van der Waals surface area contributed by atoms with E-state index in [0.717, 1.165) is 20.9 Å². The molecule has 2 nitrogen and oxygen atoms in total. The van der Waals surface area contributed by atoms with Gasteiger partial charge in [0.1, 0.15) is 0 Å². The van der Waals surface area contributed by atoms with Crippen molar-refractivity contribution in [2.75, 3.05) is 0 Å². The van der Waals surface area contributed by atoms with Crippen LogP contribution >= 0.6 is 25.3 Å². The first-order valence-electron chi connectivity index (χ1n) is 5.79. The van der Waals surface area contributed by atoms with Gasteiger partial charge in [-0.1, -0.05) is 24.3 Å². The average molecular weight is 294 g/mol. The van der Waals surface area contributed by atoms with Gasteiger partial charge >= 0.3 is 0 Å². The van der Waals surface area contributed by atoms with E-state index < -0.39 is 0 Å². The molecule has 0 bridgehead atoms. The first-order chi connectivity index (χ1) is 9.65. The summed E-state index contributed by atoms with van der Waals surface area (Å²) in [6.45, 7) is 0. The van der Waals surface area contributed by atoms with Crippen LogP contribution in [0.4, 0.5) is 0 Å². The van der Waals surface area contributed by atoms with Gasteiger partial charge in [0.15, 0.2) is 0 Å². The summed E-state index contributed by atoms with van der Waals surface area (Å²) in [4.78, 5) is 1.45. The summed E-state index contributed by atoms with van der Waals surface area (Å²) < 4.78 is 0. The van der Waals surface area contributed by atoms with E-state index in [9.17, 15) is 0 Å². The Bertz CT molecular complexity index is 665. The molecule has 20 heavy (non-hydrogen) atoms. The molecule has 0 aliphatic carbocycles. The molecule has 0 aliphatic heterocycles. The highest BCUT2D eigenvalue weighted by Crippen LogP contribution is 2.32. The van der Waals surface area contributed by atoms with Crippen molar-refractivity contribution in [2.45, 2.75) is 0 Å². The van der Waals surface area contributed by atoms with Crippen molar-refractivity contribution < 1.29 is 0 Å². The van der Waals surface area contributed by atoms with Crippen LogP contribution in [0.3, 0.4) is 0 Å². The normalized spacial score (nSPS) is 11.2. The van der Waals surface area contributed by atoms with Gasteiger partial charge in [-0.05, 0) is 35.4 Å². The Morgan fingerprint density at radius 1 is 0.650 bits per heavy atom. The second-order valence-electron chi connectivity index (χ2n) is 4.08. The Morgan fingerprint density at radius 3 is 1.20 bits per heavy atom. The Balaban J connectivity index is 2.39. The minimum atomic E-state index is 0.606. The molecule has 0 saturated heterocycles. The van der Waals surface area contributed by atoms with E-state index in [1.54, 1.807) is 24.3 Å². The van der Waals surface area contributed by atoms with E-state index in [2.05, 4.69) is 37.4 Å². The summed E-state index contributed by atoms with van der Waals surface area (Å²) in [7, 11) is 0. The molecule has 0 aliphatic rings. The third-order valence-corrected chi connectivity index (χ3v) is 3.94. The van der Waals surface area contributed by atoms with Crippen LogP contribution in [0.5, 0.6) is 0 Å². The lowest BCUT2D eigenvalue weighted by Crippen LogP contribution is -1.84. The van der Waals surface area contributed by atoms with Gasteiger partial charge in [0.2, 0.25) is 0 Å². The van der Waals surface area contributed by atoms with Crippen molar-refractivity contribution >= 4 is 35.1 Å². The first-order valence-corrected chi connectivity index (χ1v) is 6.68. The van der Waals surface area contributed by atoms with Crippen LogP contribution < -0.4 is 0 Å². The van der Waals surface area contributed by atoms with Gasteiger partial charge in [-0.25, -0.2) is 0 Å². The maximum absolute atomic E-state index is 8.78. The molecule has 0 atom stereocenters. The van der Waals surface area contributed by atoms with Crippen LogP contribution in [-0.2, 0) is 0 Å². The highest BCUT2D eigenvalue weighted by Gasteiger charge is 2.05.